The first-order valence-corrected chi connectivity index (χ1v) is 21.0. The minimum absolute atomic E-state index is 0.0495. The van der Waals surface area contributed by atoms with E-state index < -0.39 is 51.3 Å². The van der Waals surface area contributed by atoms with E-state index in [1.165, 1.54) is 51.4 Å². The average molecular weight is 743 g/mol. The number of unbranched alkanes of at least 4 members (excludes halogenated alkanes) is 10. The van der Waals surface area contributed by atoms with Gasteiger partial charge in [-0.1, -0.05) is 140 Å². The van der Waals surface area contributed by atoms with E-state index in [-0.39, 0.29) is 32.1 Å². The number of phosphoric ester groups is 1. The van der Waals surface area contributed by atoms with Crippen LogP contribution in [0.15, 0.2) is 48.6 Å². The average Bonchev–Trinajstić information content (AvgIpc) is 3.07. The second kappa shape index (κ2) is 33.7. The van der Waals surface area contributed by atoms with Crippen molar-refractivity contribution >= 4 is 19.8 Å². The van der Waals surface area contributed by atoms with E-state index in [1.54, 1.807) is 0 Å². The van der Waals surface area contributed by atoms with Gasteiger partial charge in [-0.25, -0.2) is 4.57 Å². The zero-order valence-corrected chi connectivity index (χ0v) is 32.8. The van der Waals surface area contributed by atoms with Gasteiger partial charge >= 0.3 is 19.8 Å². The van der Waals surface area contributed by atoms with E-state index in [0.717, 1.165) is 50.9 Å². The van der Waals surface area contributed by atoms with Crippen molar-refractivity contribution in [3.63, 3.8) is 0 Å². The van der Waals surface area contributed by atoms with Crippen LogP contribution < -0.4 is 0 Å². The molecular weight excluding hydrogens is 671 g/mol. The normalized spacial score (nSPS) is 14.4. The Labute approximate surface area is 309 Å². The molecule has 0 amide bonds. The monoisotopic (exact) mass is 742 g/mol. The summed E-state index contributed by atoms with van der Waals surface area (Å²) in [5, 5.41) is 20.5. The van der Waals surface area contributed by atoms with Gasteiger partial charge in [0.1, 0.15) is 6.61 Å². The smallest absolute Gasteiger partial charge is 0.462 e. The summed E-state index contributed by atoms with van der Waals surface area (Å²) in [6.07, 6.45) is 31.6. The molecule has 0 rings (SSSR count). The van der Waals surface area contributed by atoms with Crippen molar-refractivity contribution in [2.24, 2.45) is 5.92 Å². The standard InChI is InChI=1S/C40H71O10P/c1-4-5-6-7-8-9-10-13-16-19-22-25-29-37(41)38(42)30-27-32-39(43)48-33-36(34-49-51(45,46)47)50-40(44)31-26-23-20-17-14-11-12-15-18-21-24-28-35(2)3/h5-6,8-9,13,16,22,25,35-38,41-42H,4,7,10-12,14-15,17-21,23-24,26-34H2,1-3H3,(H2,45,46,47)/b6-5-,9-8-,16-13-,25-22-/t36-,37+,38+/m1/s1. The second-order valence-corrected chi connectivity index (χ2v) is 14.9. The molecule has 0 fully saturated rings. The fraction of sp³-hybridized carbons (Fsp3) is 0.750. The Morgan fingerprint density at radius 3 is 1.63 bits per heavy atom. The maximum Gasteiger partial charge on any atom is 0.469 e. The third-order valence-electron chi connectivity index (χ3n) is 8.24. The molecule has 4 N–H and O–H groups in total. The SMILES string of the molecule is CC/C=C\C/C=C\C/C=C\C/C=C\C[C@H](O)[C@@H](O)CCCC(=O)OC[C@H](COP(=O)(O)O)OC(=O)CCCCCCCCCCCCCC(C)C. The number of esters is 2. The summed E-state index contributed by atoms with van der Waals surface area (Å²) in [6, 6.07) is 0. The summed E-state index contributed by atoms with van der Waals surface area (Å²) in [6.45, 7) is 5.61. The van der Waals surface area contributed by atoms with Crippen molar-refractivity contribution in [3.05, 3.63) is 48.6 Å². The number of allylic oxidation sites excluding steroid dienone is 7. The highest BCUT2D eigenvalue weighted by Gasteiger charge is 2.23. The van der Waals surface area contributed by atoms with Crippen LogP contribution in [0.25, 0.3) is 0 Å². The van der Waals surface area contributed by atoms with E-state index in [0.29, 0.717) is 6.42 Å². The molecule has 51 heavy (non-hydrogen) atoms. The molecule has 0 radical (unpaired) electrons. The predicted octanol–water partition coefficient (Wildman–Crippen LogP) is 9.37. The molecule has 0 spiro atoms. The Hall–Kier alpha value is -2.07. The number of hydrogen-bond acceptors (Lipinski definition) is 8. The van der Waals surface area contributed by atoms with Gasteiger partial charge < -0.3 is 29.5 Å². The van der Waals surface area contributed by atoms with Crippen molar-refractivity contribution in [2.75, 3.05) is 13.2 Å². The molecule has 0 saturated heterocycles. The summed E-state index contributed by atoms with van der Waals surface area (Å²) in [5.41, 5.74) is 0. The lowest BCUT2D eigenvalue weighted by molar-refractivity contribution is -0.161. The number of aliphatic hydroxyl groups excluding tert-OH is 2. The molecule has 0 heterocycles. The molecule has 0 bridgehead atoms. The fourth-order valence-corrected chi connectivity index (χ4v) is 5.59. The molecule has 10 nitrogen and oxygen atoms in total. The summed E-state index contributed by atoms with van der Waals surface area (Å²) >= 11 is 0. The van der Waals surface area contributed by atoms with Gasteiger partial charge in [-0.15, -0.1) is 0 Å². The maximum absolute atomic E-state index is 12.4. The van der Waals surface area contributed by atoms with Crippen molar-refractivity contribution in [1.29, 1.82) is 0 Å². The molecule has 0 aromatic carbocycles. The van der Waals surface area contributed by atoms with Crippen LogP contribution in [0.1, 0.15) is 156 Å². The number of rotatable bonds is 34. The fourth-order valence-electron chi connectivity index (χ4n) is 5.23. The highest BCUT2D eigenvalue weighted by molar-refractivity contribution is 7.46. The first kappa shape index (κ1) is 48.9. The lowest BCUT2D eigenvalue weighted by Gasteiger charge is -2.19. The highest BCUT2D eigenvalue weighted by atomic mass is 31.2. The molecule has 0 aliphatic heterocycles. The van der Waals surface area contributed by atoms with E-state index in [4.69, 9.17) is 19.3 Å². The molecule has 0 aromatic rings. The molecule has 0 aliphatic carbocycles. The molecule has 3 atom stereocenters. The number of hydrogen-bond donors (Lipinski definition) is 4. The van der Waals surface area contributed by atoms with Gasteiger partial charge in [-0.05, 0) is 57.3 Å². The van der Waals surface area contributed by atoms with Gasteiger partial charge in [0.2, 0.25) is 0 Å². The number of carbonyl (C=O) groups is 2. The Bertz CT molecular complexity index is 1020. The number of ether oxygens (including phenoxy) is 2. The summed E-state index contributed by atoms with van der Waals surface area (Å²) in [7, 11) is -4.82. The van der Waals surface area contributed by atoms with Gasteiger partial charge in [0, 0.05) is 12.8 Å². The van der Waals surface area contributed by atoms with Crippen molar-refractivity contribution in [1.82, 2.24) is 0 Å². The zero-order valence-electron chi connectivity index (χ0n) is 31.9. The molecule has 0 aromatic heterocycles. The van der Waals surface area contributed by atoms with Crippen LogP contribution >= 0.6 is 7.82 Å². The zero-order chi connectivity index (χ0) is 38.0. The van der Waals surface area contributed by atoms with Crippen LogP contribution in [-0.2, 0) is 28.2 Å². The van der Waals surface area contributed by atoms with Crippen LogP contribution in [0.3, 0.4) is 0 Å². The van der Waals surface area contributed by atoms with E-state index >= 15 is 0 Å². The topological polar surface area (TPSA) is 160 Å². The number of carbonyl (C=O) groups excluding carboxylic acids is 2. The van der Waals surface area contributed by atoms with Crippen LogP contribution in [-0.4, -0.2) is 63.5 Å². The summed E-state index contributed by atoms with van der Waals surface area (Å²) in [4.78, 5) is 42.8. The Morgan fingerprint density at radius 2 is 1.10 bits per heavy atom. The highest BCUT2D eigenvalue weighted by Crippen LogP contribution is 2.36. The Balaban J connectivity index is 4.22. The van der Waals surface area contributed by atoms with E-state index in [2.05, 4.69) is 55.7 Å². The number of aliphatic hydroxyl groups is 2. The van der Waals surface area contributed by atoms with Gasteiger partial charge in [0.15, 0.2) is 6.10 Å². The second-order valence-electron chi connectivity index (χ2n) is 13.7. The van der Waals surface area contributed by atoms with Crippen LogP contribution in [0.2, 0.25) is 0 Å². The minimum Gasteiger partial charge on any atom is -0.462 e. The molecule has 0 saturated carbocycles. The van der Waals surface area contributed by atoms with Crippen molar-refractivity contribution in [2.45, 2.75) is 174 Å². The maximum atomic E-state index is 12.4. The van der Waals surface area contributed by atoms with E-state index in [9.17, 15) is 24.4 Å². The quantitative estimate of drug-likeness (QED) is 0.0217. The van der Waals surface area contributed by atoms with Crippen LogP contribution in [0.4, 0.5) is 0 Å². The summed E-state index contributed by atoms with van der Waals surface area (Å²) in [5.74, 6) is -0.383. The van der Waals surface area contributed by atoms with Gasteiger partial charge in [-0.2, -0.15) is 0 Å². The van der Waals surface area contributed by atoms with Gasteiger partial charge in [-0.3, -0.25) is 14.1 Å². The lowest BCUT2D eigenvalue weighted by Crippen LogP contribution is -2.29. The van der Waals surface area contributed by atoms with Gasteiger partial charge in [0.05, 0.1) is 18.8 Å². The first-order chi connectivity index (χ1) is 24.4. The first-order valence-electron chi connectivity index (χ1n) is 19.5. The van der Waals surface area contributed by atoms with Crippen LogP contribution in [0, 0.1) is 5.92 Å². The third kappa shape index (κ3) is 36.1. The third-order valence-corrected chi connectivity index (χ3v) is 8.73. The lowest BCUT2D eigenvalue weighted by atomic mass is 10.0. The largest absolute Gasteiger partial charge is 0.469 e. The molecule has 296 valence electrons. The minimum atomic E-state index is -4.82. The number of phosphoric acid groups is 1. The Kier molecular flexibility index (Phi) is 32.4. The molecule has 0 aliphatic rings. The molecule has 0 unspecified atom stereocenters. The van der Waals surface area contributed by atoms with Gasteiger partial charge in [0.25, 0.3) is 0 Å². The van der Waals surface area contributed by atoms with Crippen molar-refractivity contribution < 1.29 is 48.2 Å². The van der Waals surface area contributed by atoms with E-state index in [1.807, 2.05) is 18.2 Å². The molecule has 11 heteroatoms. The predicted molar refractivity (Wildman–Crippen MR) is 205 cm³/mol. The van der Waals surface area contributed by atoms with Crippen LogP contribution in [0.5, 0.6) is 0 Å². The van der Waals surface area contributed by atoms with Crippen molar-refractivity contribution in [3.8, 4) is 0 Å². The molecular formula is C40H71O10P. The summed E-state index contributed by atoms with van der Waals surface area (Å²) < 4.78 is 26.2. The Morgan fingerprint density at radius 1 is 0.608 bits per heavy atom.